The van der Waals surface area contributed by atoms with Crippen LogP contribution in [0.1, 0.15) is 6.92 Å². The summed E-state index contributed by atoms with van der Waals surface area (Å²) >= 11 is 5.79. The van der Waals surface area contributed by atoms with Gasteiger partial charge in [-0.3, -0.25) is 0 Å². The number of nitrogens with zero attached hydrogens (tertiary/aromatic N) is 1. The van der Waals surface area contributed by atoms with E-state index >= 15 is 0 Å². The molecular weight excluding hydrogens is 218 g/mol. The molecule has 0 aliphatic carbocycles. The Morgan fingerprint density at radius 3 is 3.07 bits per heavy atom. The Morgan fingerprint density at radius 2 is 2.33 bits per heavy atom. The molecule has 0 aliphatic rings. The molecule has 0 amide bonds. The molecule has 1 aromatic carbocycles. The summed E-state index contributed by atoms with van der Waals surface area (Å²) in [5, 5.41) is 0.908. The molecule has 0 aliphatic heterocycles. The van der Waals surface area contributed by atoms with Gasteiger partial charge in [0, 0.05) is 5.02 Å². The molecular formula is C10H8ClNO3. The largest absolute Gasteiger partial charge is 0.450 e. The molecule has 4 nitrogen and oxygen atoms in total. The zero-order chi connectivity index (χ0) is 10.8. The molecule has 1 aromatic heterocycles. The second kappa shape index (κ2) is 3.90. The van der Waals surface area contributed by atoms with Gasteiger partial charge in [0.1, 0.15) is 0 Å². The van der Waals surface area contributed by atoms with Crippen molar-refractivity contribution in [1.82, 2.24) is 4.98 Å². The van der Waals surface area contributed by atoms with Crippen molar-refractivity contribution in [3.63, 3.8) is 0 Å². The fraction of sp³-hybridized carbons (Fsp3) is 0.200. The van der Waals surface area contributed by atoms with E-state index in [1.165, 1.54) is 0 Å². The fourth-order valence-electron chi connectivity index (χ4n) is 1.21. The predicted molar refractivity (Wildman–Crippen MR) is 56.5 cm³/mol. The molecule has 2 aromatic rings. The molecule has 0 unspecified atom stereocenters. The molecule has 2 rings (SSSR count). The summed E-state index contributed by atoms with van der Waals surface area (Å²) in [7, 11) is 0. The number of rotatable bonds is 2. The van der Waals surface area contributed by atoms with E-state index in [0.717, 1.165) is 0 Å². The van der Waals surface area contributed by atoms with Crippen LogP contribution in [0.4, 0.5) is 0 Å². The Hall–Kier alpha value is -1.55. The Morgan fingerprint density at radius 1 is 1.53 bits per heavy atom. The van der Waals surface area contributed by atoms with Crippen molar-refractivity contribution in [2.45, 2.75) is 6.92 Å². The minimum Gasteiger partial charge on any atom is -0.450 e. The van der Waals surface area contributed by atoms with Crippen molar-refractivity contribution in [3.05, 3.63) is 33.6 Å². The normalized spacial score (nSPS) is 10.5. The lowest BCUT2D eigenvalue weighted by atomic mass is 10.2. The fourth-order valence-corrected chi connectivity index (χ4v) is 1.38. The summed E-state index contributed by atoms with van der Waals surface area (Å²) in [4.78, 5) is 15.5. The van der Waals surface area contributed by atoms with Crippen LogP contribution in [0.2, 0.25) is 5.02 Å². The summed E-state index contributed by atoms with van der Waals surface area (Å²) < 4.78 is 9.85. The SMILES string of the molecule is CCOc1nc2cc(Cl)ccc2c(=O)o1. The standard InChI is InChI=1S/C10H8ClNO3/c1-2-14-10-12-8-5-6(11)3-4-7(8)9(13)15-10/h3-5H,2H2,1H3. The first-order valence-corrected chi connectivity index (χ1v) is 4.81. The van der Waals surface area contributed by atoms with Crippen molar-refractivity contribution < 1.29 is 9.15 Å². The zero-order valence-corrected chi connectivity index (χ0v) is 8.75. The molecule has 0 N–H and O–H groups in total. The maximum atomic E-state index is 11.5. The summed E-state index contributed by atoms with van der Waals surface area (Å²) in [6, 6.07) is 4.78. The highest BCUT2D eigenvalue weighted by atomic mass is 35.5. The van der Waals surface area contributed by atoms with Crippen LogP contribution in [0, 0.1) is 0 Å². The van der Waals surface area contributed by atoms with Crippen molar-refractivity contribution in [2.75, 3.05) is 6.61 Å². The average molecular weight is 226 g/mol. The van der Waals surface area contributed by atoms with Gasteiger partial charge in [-0.15, -0.1) is 0 Å². The number of benzene rings is 1. The smallest absolute Gasteiger partial charge is 0.397 e. The highest BCUT2D eigenvalue weighted by Crippen LogP contribution is 2.17. The lowest BCUT2D eigenvalue weighted by Gasteiger charge is -2.01. The van der Waals surface area contributed by atoms with Crippen molar-refractivity contribution in [2.24, 2.45) is 0 Å². The third-order valence-corrected chi connectivity index (χ3v) is 2.07. The Bertz CT molecular complexity index is 550. The van der Waals surface area contributed by atoms with Gasteiger partial charge in [-0.2, -0.15) is 4.98 Å². The van der Waals surface area contributed by atoms with Crippen molar-refractivity contribution in [3.8, 4) is 6.08 Å². The van der Waals surface area contributed by atoms with E-state index in [9.17, 15) is 4.79 Å². The zero-order valence-electron chi connectivity index (χ0n) is 7.99. The van der Waals surface area contributed by atoms with Crippen LogP contribution < -0.4 is 10.4 Å². The van der Waals surface area contributed by atoms with E-state index < -0.39 is 5.63 Å². The third kappa shape index (κ3) is 1.94. The number of hydrogen-bond donors (Lipinski definition) is 0. The van der Waals surface area contributed by atoms with Crippen LogP contribution in [0.5, 0.6) is 6.08 Å². The molecule has 0 fully saturated rings. The van der Waals surface area contributed by atoms with Crippen LogP contribution in [-0.4, -0.2) is 11.6 Å². The van der Waals surface area contributed by atoms with Gasteiger partial charge in [0.25, 0.3) is 0 Å². The van der Waals surface area contributed by atoms with Gasteiger partial charge in [-0.1, -0.05) is 11.6 Å². The van der Waals surface area contributed by atoms with E-state index in [1.54, 1.807) is 25.1 Å². The first-order chi connectivity index (χ1) is 7.20. The van der Waals surface area contributed by atoms with Gasteiger partial charge in [0.05, 0.1) is 17.5 Å². The van der Waals surface area contributed by atoms with E-state index in [4.69, 9.17) is 20.8 Å². The van der Waals surface area contributed by atoms with Gasteiger partial charge >= 0.3 is 11.7 Å². The molecule has 1 heterocycles. The van der Waals surface area contributed by atoms with E-state index in [1.807, 2.05) is 0 Å². The van der Waals surface area contributed by atoms with Gasteiger partial charge < -0.3 is 9.15 Å². The molecule has 0 atom stereocenters. The number of aromatic nitrogens is 1. The first kappa shape index (κ1) is 9.98. The van der Waals surface area contributed by atoms with E-state index in [0.29, 0.717) is 22.5 Å². The second-order valence-corrected chi connectivity index (χ2v) is 3.30. The number of halogens is 1. The molecule has 0 radical (unpaired) electrons. The minimum atomic E-state index is -0.472. The van der Waals surface area contributed by atoms with Crippen molar-refractivity contribution >= 4 is 22.5 Å². The van der Waals surface area contributed by atoms with Crippen molar-refractivity contribution in [1.29, 1.82) is 0 Å². The second-order valence-electron chi connectivity index (χ2n) is 2.86. The molecule has 0 saturated heterocycles. The van der Waals surface area contributed by atoms with Crippen LogP contribution >= 0.6 is 11.6 Å². The first-order valence-electron chi connectivity index (χ1n) is 4.44. The number of fused-ring (bicyclic) bond motifs is 1. The number of hydrogen-bond acceptors (Lipinski definition) is 4. The van der Waals surface area contributed by atoms with Crippen LogP contribution in [0.3, 0.4) is 0 Å². The predicted octanol–water partition coefficient (Wildman–Crippen LogP) is 2.24. The molecule has 15 heavy (non-hydrogen) atoms. The average Bonchev–Trinajstić information content (AvgIpc) is 2.17. The Labute approximate surface area is 90.4 Å². The van der Waals surface area contributed by atoms with Gasteiger partial charge in [-0.05, 0) is 25.1 Å². The minimum absolute atomic E-state index is 0.0303. The maximum Gasteiger partial charge on any atom is 0.397 e. The van der Waals surface area contributed by atoms with Crippen LogP contribution in [-0.2, 0) is 0 Å². The molecule has 78 valence electrons. The molecule has 0 saturated carbocycles. The molecule has 0 spiro atoms. The highest BCUT2D eigenvalue weighted by molar-refractivity contribution is 6.31. The summed E-state index contributed by atoms with van der Waals surface area (Å²) in [6.45, 7) is 2.17. The van der Waals surface area contributed by atoms with E-state index in [2.05, 4.69) is 4.98 Å². The monoisotopic (exact) mass is 225 g/mol. The summed E-state index contributed by atoms with van der Waals surface area (Å²) in [5.74, 6) is 0. The Balaban J connectivity index is 2.68. The highest BCUT2D eigenvalue weighted by Gasteiger charge is 2.06. The quantitative estimate of drug-likeness (QED) is 0.787. The lowest BCUT2D eigenvalue weighted by Crippen LogP contribution is -2.04. The topological polar surface area (TPSA) is 52.3 Å². The summed E-state index contributed by atoms with van der Waals surface area (Å²) in [6.07, 6.45) is -0.0303. The van der Waals surface area contributed by atoms with Gasteiger partial charge in [0.2, 0.25) is 0 Å². The number of ether oxygens (including phenoxy) is 1. The third-order valence-electron chi connectivity index (χ3n) is 1.84. The molecule has 0 bridgehead atoms. The van der Waals surface area contributed by atoms with Crippen LogP contribution in [0.15, 0.2) is 27.4 Å². The molecule has 5 heteroatoms. The maximum absolute atomic E-state index is 11.5. The van der Waals surface area contributed by atoms with Gasteiger partial charge in [0.15, 0.2) is 0 Å². The van der Waals surface area contributed by atoms with E-state index in [-0.39, 0.29) is 6.08 Å². The summed E-state index contributed by atoms with van der Waals surface area (Å²) in [5.41, 5.74) is 0.00215. The lowest BCUT2D eigenvalue weighted by molar-refractivity contribution is 0.229. The Kier molecular flexibility index (Phi) is 2.60. The van der Waals surface area contributed by atoms with Crippen LogP contribution in [0.25, 0.3) is 10.9 Å². The van der Waals surface area contributed by atoms with Gasteiger partial charge in [-0.25, -0.2) is 4.79 Å².